The van der Waals surface area contributed by atoms with E-state index in [1.54, 1.807) is 0 Å². The van der Waals surface area contributed by atoms with Gasteiger partial charge in [-0.2, -0.15) is 0 Å². The average Bonchev–Trinajstić information content (AvgIpc) is 1.87. The van der Waals surface area contributed by atoms with Gasteiger partial charge in [-0.05, 0) is 6.92 Å². The normalized spacial score (nSPS) is 9.40. The van der Waals surface area contributed by atoms with Crippen LogP contribution in [0.5, 0.6) is 0 Å². The number of ether oxygens (including phenoxy) is 2. The van der Waals surface area contributed by atoms with E-state index in [1.807, 2.05) is 6.92 Å². The van der Waals surface area contributed by atoms with Crippen molar-refractivity contribution in [2.75, 3.05) is 13.2 Å². The molecule has 0 rings (SSSR count). The SMILES string of the molecule is CCOCC[CH]OC(C)=O. The van der Waals surface area contributed by atoms with E-state index in [4.69, 9.17) is 4.74 Å². The number of rotatable bonds is 5. The van der Waals surface area contributed by atoms with Crippen molar-refractivity contribution in [2.45, 2.75) is 20.3 Å². The molecule has 0 aliphatic heterocycles. The first-order valence-corrected chi connectivity index (χ1v) is 3.34. The Morgan fingerprint density at radius 3 is 2.80 bits per heavy atom. The van der Waals surface area contributed by atoms with E-state index in [-0.39, 0.29) is 5.97 Å². The van der Waals surface area contributed by atoms with Crippen LogP contribution in [0.3, 0.4) is 0 Å². The van der Waals surface area contributed by atoms with Crippen molar-refractivity contribution in [1.29, 1.82) is 0 Å². The summed E-state index contributed by atoms with van der Waals surface area (Å²) in [6, 6.07) is 0. The summed E-state index contributed by atoms with van der Waals surface area (Å²) in [5.41, 5.74) is 0. The summed E-state index contributed by atoms with van der Waals surface area (Å²) in [5.74, 6) is -0.281. The smallest absolute Gasteiger partial charge is 0.303 e. The molecule has 10 heavy (non-hydrogen) atoms. The minimum atomic E-state index is -0.281. The summed E-state index contributed by atoms with van der Waals surface area (Å²) in [6.07, 6.45) is 0.660. The molecule has 0 amide bonds. The molecule has 0 fully saturated rings. The zero-order chi connectivity index (χ0) is 7.82. The Morgan fingerprint density at radius 1 is 1.60 bits per heavy atom. The Bertz CT molecular complexity index is 90.9. The lowest BCUT2D eigenvalue weighted by molar-refractivity contribution is -0.137. The van der Waals surface area contributed by atoms with Gasteiger partial charge in [0.2, 0.25) is 0 Å². The van der Waals surface area contributed by atoms with Crippen molar-refractivity contribution >= 4 is 5.97 Å². The second-order valence-electron chi connectivity index (χ2n) is 1.76. The van der Waals surface area contributed by atoms with Gasteiger partial charge in [-0.3, -0.25) is 4.79 Å². The van der Waals surface area contributed by atoms with Crippen LogP contribution in [0.1, 0.15) is 20.3 Å². The van der Waals surface area contributed by atoms with Gasteiger partial charge >= 0.3 is 5.97 Å². The number of hydrogen-bond acceptors (Lipinski definition) is 3. The Balaban J connectivity index is 2.84. The van der Waals surface area contributed by atoms with Crippen LogP contribution in [0.2, 0.25) is 0 Å². The lowest BCUT2D eigenvalue weighted by atomic mass is 10.5. The van der Waals surface area contributed by atoms with Crippen LogP contribution in [-0.4, -0.2) is 19.2 Å². The Kier molecular flexibility index (Phi) is 6.18. The van der Waals surface area contributed by atoms with Crippen molar-refractivity contribution in [3.05, 3.63) is 6.61 Å². The summed E-state index contributed by atoms with van der Waals surface area (Å²) in [6.45, 7) is 6.07. The van der Waals surface area contributed by atoms with Gasteiger partial charge in [0, 0.05) is 20.0 Å². The molecule has 1 radical (unpaired) electrons. The van der Waals surface area contributed by atoms with Crippen LogP contribution in [0.4, 0.5) is 0 Å². The minimum absolute atomic E-state index is 0.281. The maximum Gasteiger partial charge on any atom is 0.303 e. The van der Waals surface area contributed by atoms with Gasteiger partial charge in [0.25, 0.3) is 0 Å². The molecule has 0 unspecified atom stereocenters. The third-order valence-corrected chi connectivity index (χ3v) is 0.833. The van der Waals surface area contributed by atoms with E-state index in [1.165, 1.54) is 13.5 Å². The predicted molar refractivity (Wildman–Crippen MR) is 37.2 cm³/mol. The molecule has 0 aliphatic rings. The van der Waals surface area contributed by atoms with Crippen LogP contribution in [-0.2, 0) is 14.3 Å². The molecular formula is C7H13O3. The highest BCUT2D eigenvalue weighted by molar-refractivity contribution is 5.66. The van der Waals surface area contributed by atoms with Crippen LogP contribution in [0.15, 0.2) is 0 Å². The molecule has 0 heterocycles. The Hall–Kier alpha value is -0.570. The average molecular weight is 145 g/mol. The second-order valence-corrected chi connectivity index (χ2v) is 1.76. The largest absolute Gasteiger partial charge is 0.459 e. The first kappa shape index (κ1) is 9.43. The summed E-state index contributed by atoms with van der Waals surface area (Å²) < 4.78 is 9.54. The number of carbonyl (C=O) groups excluding carboxylic acids is 1. The minimum Gasteiger partial charge on any atom is -0.459 e. The fourth-order valence-corrected chi connectivity index (χ4v) is 0.452. The van der Waals surface area contributed by atoms with Gasteiger partial charge in [-0.15, -0.1) is 0 Å². The number of carbonyl (C=O) groups is 1. The molecule has 0 spiro atoms. The third kappa shape index (κ3) is 7.43. The molecule has 3 heteroatoms. The van der Waals surface area contributed by atoms with Crippen LogP contribution in [0, 0.1) is 6.61 Å². The number of hydrogen-bond donors (Lipinski definition) is 0. The molecule has 0 bridgehead atoms. The molecule has 0 atom stereocenters. The quantitative estimate of drug-likeness (QED) is 0.430. The van der Waals surface area contributed by atoms with Gasteiger partial charge in [-0.1, -0.05) is 0 Å². The van der Waals surface area contributed by atoms with E-state index in [0.29, 0.717) is 19.6 Å². The van der Waals surface area contributed by atoms with Gasteiger partial charge in [0.15, 0.2) is 0 Å². The molecule has 0 aliphatic carbocycles. The maximum absolute atomic E-state index is 10.2. The zero-order valence-corrected chi connectivity index (χ0v) is 6.42. The van der Waals surface area contributed by atoms with Crippen LogP contribution >= 0.6 is 0 Å². The van der Waals surface area contributed by atoms with Crippen LogP contribution in [0.25, 0.3) is 0 Å². The zero-order valence-electron chi connectivity index (χ0n) is 6.42. The monoisotopic (exact) mass is 145 g/mol. The first-order chi connectivity index (χ1) is 4.77. The molecule has 0 N–H and O–H groups in total. The molecule has 0 aromatic heterocycles. The van der Waals surface area contributed by atoms with Crippen molar-refractivity contribution in [3.8, 4) is 0 Å². The molecule has 0 saturated carbocycles. The summed E-state index contributed by atoms with van der Waals surface area (Å²) in [7, 11) is 0. The van der Waals surface area contributed by atoms with Crippen molar-refractivity contribution in [2.24, 2.45) is 0 Å². The Labute approximate surface area is 61.3 Å². The van der Waals surface area contributed by atoms with Crippen molar-refractivity contribution in [3.63, 3.8) is 0 Å². The van der Waals surface area contributed by atoms with Crippen molar-refractivity contribution in [1.82, 2.24) is 0 Å². The van der Waals surface area contributed by atoms with E-state index >= 15 is 0 Å². The lowest BCUT2D eigenvalue weighted by Crippen LogP contribution is -1.99. The molecule has 0 aromatic rings. The fraction of sp³-hybridized carbons (Fsp3) is 0.714. The van der Waals surface area contributed by atoms with E-state index in [0.717, 1.165) is 0 Å². The van der Waals surface area contributed by atoms with Crippen molar-refractivity contribution < 1.29 is 14.3 Å². The summed E-state index contributed by atoms with van der Waals surface area (Å²) >= 11 is 0. The highest BCUT2D eigenvalue weighted by Crippen LogP contribution is 1.90. The van der Waals surface area contributed by atoms with E-state index in [9.17, 15) is 4.79 Å². The van der Waals surface area contributed by atoms with Gasteiger partial charge in [-0.25, -0.2) is 0 Å². The van der Waals surface area contributed by atoms with Gasteiger partial charge < -0.3 is 9.47 Å². The highest BCUT2D eigenvalue weighted by Gasteiger charge is 1.92. The Morgan fingerprint density at radius 2 is 2.30 bits per heavy atom. The lowest BCUT2D eigenvalue weighted by Gasteiger charge is -1.99. The third-order valence-electron chi connectivity index (χ3n) is 0.833. The molecular weight excluding hydrogens is 132 g/mol. The highest BCUT2D eigenvalue weighted by atomic mass is 16.5. The second kappa shape index (κ2) is 6.55. The van der Waals surface area contributed by atoms with Gasteiger partial charge in [0.05, 0.1) is 6.61 Å². The predicted octanol–water partition coefficient (Wildman–Crippen LogP) is 1.14. The summed E-state index contributed by atoms with van der Waals surface area (Å²) in [5, 5.41) is 0. The van der Waals surface area contributed by atoms with Gasteiger partial charge in [0.1, 0.15) is 6.61 Å². The van der Waals surface area contributed by atoms with E-state index in [2.05, 4.69) is 4.74 Å². The fourth-order valence-electron chi connectivity index (χ4n) is 0.452. The standard InChI is InChI=1S/C7H13O3/c1-3-9-5-4-6-10-7(2)8/h6H,3-5H2,1-2H3. The topological polar surface area (TPSA) is 35.5 Å². The maximum atomic E-state index is 10.2. The molecule has 0 saturated heterocycles. The molecule has 0 aromatic carbocycles. The van der Waals surface area contributed by atoms with E-state index < -0.39 is 0 Å². The molecule has 3 nitrogen and oxygen atoms in total. The first-order valence-electron chi connectivity index (χ1n) is 3.34. The summed E-state index contributed by atoms with van der Waals surface area (Å²) in [4.78, 5) is 10.2. The van der Waals surface area contributed by atoms with Crippen LogP contribution < -0.4 is 0 Å². The number of esters is 1. The molecule has 59 valence electrons.